The fourth-order valence-corrected chi connectivity index (χ4v) is 2.72. The van der Waals surface area contributed by atoms with Gasteiger partial charge in [-0.2, -0.15) is 0 Å². The molecule has 2 rings (SSSR count). The number of benzene rings is 1. The smallest absolute Gasteiger partial charge is 0.326 e. The maximum absolute atomic E-state index is 12.9. The number of carboxylic acids is 1. The van der Waals surface area contributed by atoms with Crippen LogP contribution in [0.15, 0.2) is 30.5 Å². The Morgan fingerprint density at radius 3 is 2.59 bits per heavy atom. The van der Waals surface area contributed by atoms with E-state index in [1.807, 2.05) is 0 Å². The molecule has 0 unspecified atom stereocenters. The highest BCUT2D eigenvalue weighted by Gasteiger charge is 2.24. The molecule has 5 nitrogen and oxygen atoms in total. The highest BCUT2D eigenvalue weighted by atomic mass is 32.1. The van der Waals surface area contributed by atoms with E-state index in [9.17, 15) is 14.0 Å². The lowest BCUT2D eigenvalue weighted by Crippen LogP contribution is -2.39. The third-order valence-corrected chi connectivity index (χ3v) is 4.28. The molecule has 1 atom stereocenters. The zero-order valence-electron chi connectivity index (χ0n) is 12.1. The van der Waals surface area contributed by atoms with Gasteiger partial charge in [-0.1, -0.05) is 12.1 Å². The maximum atomic E-state index is 12.9. The normalized spacial score (nSPS) is 12.0. The van der Waals surface area contributed by atoms with Crippen LogP contribution in [0.5, 0.6) is 0 Å². The average molecular weight is 322 g/mol. The van der Waals surface area contributed by atoms with Gasteiger partial charge in [0, 0.05) is 13.5 Å². The Bertz CT molecular complexity index is 684. The number of amides is 1. The van der Waals surface area contributed by atoms with Gasteiger partial charge in [0.2, 0.25) is 0 Å². The number of carbonyl (C=O) groups is 2. The first kappa shape index (κ1) is 16.1. The van der Waals surface area contributed by atoms with Crippen molar-refractivity contribution < 1.29 is 19.1 Å². The minimum Gasteiger partial charge on any atom is -0.480 e. The first-order chi connectivity index (χ1) is 10.4. The quantitative estimate of drug-likeness (QED) is 0.918. The Hall–Kier alpha value is -2.28. The molecule has 0 saturated heterocycles. The van der Waals surface area contributed by atoms with E-state index in [0.717, 1.165) is 10.5 Å². The second-order valence-electron chi connectivity index (χ2n) is 4.85. The molecule has 1 aromatic carbocycles. The highest BCUT2D eigenvalue weighted by molar-refractivity contribution is 7.13. The number of rotatable bonds is 5. The number of thiazole rings is 1. The molecule has 22 heavy (non-hydrogen) atoms. The lowest BCUT2D eigenvalue weighted by atomic mass is 10.2. The van der Waals surface area contributed by atoms with Crippen LogP contribution in [0.4, 0.5) is 4.39 Å². The first-order valence-corrected chi connectivity index (χ1v) is 7.39. The molecule has 0 fully saturated rings. The van der Waals surface area contributed by atoms with Crippen LogP contribution < -0.4 is 0 Å². The minimum absolute atomic E-state index is 0.303. The number of carboxylic acid groups (broad SMARTS) is 1. The molecular formula is C15H15FN2O3S. The van der Waals surface area contributed by atoms with Crippen molar-refractivity contribution in [3.63, 3.8) is 0 Å². The van der Waals surface area contributed by atoms with E-state index in [-0.39, 0.29) is 11.7 Å². The van der Waals surface area contributed by atoms with Crippen LogP contribution >= 0.6 is 11.3 Å². The van der Waals surface area contributed by atoms with Crippen molar-refractivity contribution in [1.82, 2.24) is 9.88 Å². The summed E-state index contributed by atoms with van der Waals surface area (Å²) < 4.78 is 12.9. The summed E-state index contributed by atoms with van der Waals surface area (Å²) in [5.41, 5.74) is 0.891. The summed E-state index contributed by atoms with van der Waals surface area (Å²) in [6, 6.07) is 5.16. The van der Waals surface area contributed by atoms with Gasteiger partial charge in [0.05, 0.1) is 11.2 Å². The van der Waals surface area contributed by atoms with E-state index >= 15 is 0 Å². The zero-order chi connectivity index (χ0) is 16.3. The van der Waals surface area contributed by atoms with Crippen molar-refractivity contribution in [2.45, 2.75) is 19.4 Å². The maximum Gasteiger partial charge on any atom is 0.326 e. The molecule has 1 N–H and O–H groups in total. The standard InChI is InChI=1S/C15H15FN2O3S/c1-9(15(20)21)18(2)14(19)12-8-17-13(22-12)7-10-3-5-11(16)6-4-10/h3-6,8-9H,7H2,1-2H3,(H,20,21)/t9-/m1/s1. The van der Waals surface area contributed by atoms with Gasteiger partial charge >= 0.3 is 5.97 Å². The van der Waals surface area contributed by atoms with Gasteiger partial charge in [0.25, 0.3) is 5.91 Å². The van der Waals surface area contributed by atoms with E-state index in [4.69, 9.17) is 5.11 Å². The van der Waals surface area contributed by atoms with Crippen molar-refractivity contribution in [2.75, 3.05) is 7.05 Å². The predicted molar refractivity (Wildman–Crippen MR) is 80.5 cm³/mol. The zero-order valence-corrected chi connectivity index (χ0v) is 12.9. The summed E-state index contributed by atoms with van der Waals surface area (Å²) in [7, 11) is 1.44. The highest BCUT2D eigenvalue weighted by Crippen LogP contribution is 2.19. The number of nitrogens with zero attached hydrogens (tertiary/aromatic N) is 2. The van der Waals surface area contributed by atoms with Crippen molar-refractivity contribution in [3.05, 3.63) is 51.7 Å². The fraction of sp³-hybridized carbons (Fsp3) is 0.267. The molecule has 2 aromatic rings. The van der Waals surface area contributed by atoms with Crippen molar-refractivity contribution >= 4 is 23.2 Å². The minimum atomic E-state index is -1.06. The van der Waals surface area contributed by atoms with Crippen molar-refractivity contribution in [2.24, 2.45) is 0 Å². The number of aromatic nitrogens is 1. The number of hydrogen-bond donors (Lipinski definition) is 1. The Balaban J connectivity index is 2.09. The van der Waals surface area contributed by atoms with Crippen LogP contribution in [-0.2, 0) is 11.2 Å². The number of carbonyl (C=O) groups excluding carboxylic acids is 1. The van der Waals surface area contributed by atoms with Crippen LogP contribution in [0.3, 0.4) is 0 Å². The first-order valence-electron chi connectivity index (χ1n) is 6.57. The van der Waals surface area contributed by atoms with Crippen LogP contribution in [0.2, 0.25) is 0 Å². The second kappa shape index (κ2) is 6.65. The van der Waals surface area contributed by atoms with Gasteiger partial charge in [-0.25, -0.2) is 14.2 Å². The fourth-order valence-electron chi connectivity index (χ4n) is 1.78. The van der Waals surface area contributed by atoms with Gasteiger partial charge in [-0.05, 0) is 24.6 Å². The molecule has 1 amide bonds. The summed E-state index contributed by atoms with van der Waals surface area (Å²) in [5, 5.41) is 9.65. The lowest BCUT2D eigenvalue weighted by molar-refractivity contribution is -0.141. The Kier molecular flexibility index (Phi) is 4.87. The van der Waals surface area contributed by atoms with Crippen molar-refractivity contribution in [3.8, 4) is 0 Å². The molecule has 1 aromatic heterocycles. The molecule has 0 saturated carbocycles. The van der Waals surface area contributed by atoms with E-state index in [2.05, 4.69) is 4.98 Å². The largest absolute Gasteiger partial charge is 0.480 e. The molecule has 0 spiro atoms. The van der Waals surface area contributed by atoms with Crippen LogP contribution in [0.1, 0.15) is 27.2 Å². The summed E-state index contributed by atoms with van der Waals surface area (Å²) in [4.78, 5) is 28.8. The third-order valence-electron chi connectivity index (χ3n) is 3.29. The number of halogens is 1. The molecular weight excluding hydrogens is 307 g/mol. The second-order valence-corrected chi connectivity index (χ2v) is 5.97. The molecule has 0 aliphatic rings. The average Bonchev–Trinajstić information content (AvgIpc) is 2.95. The Morgan fingerprint density at radius 1 is 1.36 bits per heavy atom. The molecule has 1 heterocycles. The van der Waals surface area contributed by atoms with Gasteiger partial charge in [-0.15, -0.1) is 11.3 Å². The summed E-state index contributed by atoms with van der Waals surface area (Å²) in [6.07, 6.45) is 1.94. The molecule has 0 aliphatic heterocycles. The van der Waals surface area contributed by atoms with Gasteiger partial charge in [-0.3, -0.25) is 4.79 Å². The molecule has 0 aliphatic carbocycles. The summed E-state index contributed by atoms with van der Waals surface area (Å²) >= 11 is 1.21. The number of hydrogen-bond acceptors (Lipinski definition) is 4. The van der Waals surface area contributed by atoms with Crippen LogP contribution in [0.25, 0.3) is 0 Å². The molecule has 7 heteroatoms. The molecule has 0 radical (unpaired) electrons. The van der Waals surface area contributed by atoms with Crippen molar-refractivity contribution in [1.29, 1.82) is 0 Å². The van der Waals surface area contributed by atoms with Crippen LogP contribution in [-0.4, -0.2) is 40.0 Å². The summed E-state index contributed by atoms with van der Waals surface area (Å²) in [5.74, 6) is -1.74. The monoisotopic (exact) mass is 322 g/mol. The molecule has 116 valence electrons. The Labute approximate surface area is 131 Å². The number of likely N-dealkylation sites (N-methyl/N-ethyl adjacent to an activating group) is 1. The van der Waals surface area contributed by atoms with E-state index in [1.54, 1.807) is 12.1 Å². The van der Waals surface area contributed by atoms with Crippen LogP contribution in [0, 0.1) is 5.82 Å². The van der Waals surface area contributed by atoms with E-state index in [1.165, 1.54) is 43.6 Å². The van der Waals surface area contributed by atoms with E-state index in [0.29, 0.717) is 16.3 Å². The summed E-state index contributed by atoms with van der Waals surface area (Å²) in [6.45, 7) is 1.45. The lowest BCUT2D eigenvalue weighted by Gasteiger charge is -2.20. The van der Waals surface area contributed by atoms with Gasteiger partial charge in [0.15, 0.2) is 0 Å². The number of aliphatic carboxylic acids is 1. The SMILES string of the molecule is C[C@H](C(=O)O)N(C)C(=O)c1cnc(Cc2ccc(F)cc2)s1. The topological polar surface area (TPSA) is 70.5 Å². The van der Waals surface area contributed by atoms with Gasteiger partial charge in [0.1, 0.15) is 16.7 Å². The van der Waals surface area contributed by atoms with Gasteiger partial charge < -0.3 is 10.0 Å². The molecule has 0 bridgehead atoms. The predicted octanol–water partition coefficient (Wildman–Crippen LogP) is 2.42. The third kappa shape index (κ3) is 3.67. The Morgan fingerprint density at radius 2 is 2.00 bits per heavy atom. The van der Waals surface area contributed by atoms with E-state index < -0.39 is 12.0 Å².